The van der Waals surface area contributed by atoms with E-state index in [1.54, 1.807) is 0 Å². The van der Waals surface area contributed by atoms with E-state index in [9.17, 15) is 30.7 Å². The largest absolute Gasteiger partial charge is 0.396 e. The monoisotopic (exact) mass is 531 g/mol. The minimum Gasteiger partial charge on any atom is -0.340 e. The van der Waals surface area contributed by atoms with E-state index in [2.05, 4.69) is 16.2 Å². The molecule has 6 bridgehead atoms. The number of nitrogens with one attached hydrogen (secondary N) is 3. The van der Waals surface area contributed by atoms with Crippen LogP contribution in [0.2, 0.25) is 0 Å². The highest BCUT2D eigenvalue weighted by molar-refractivity contribution is 5.03. The van der Waals surface area contributed by atoms with Crippen molar-refractivity contribution < 1.29 is 35.5 Å². The molecule has 1 saturated carbocycles. The molecule has 4 saturated heterocycles. The van der Waals surface area contributed by atoms with Crippen LogP contribution in [0.5, 0.6) is 0 Å². The average molecular weight is 532 g/mol. The van der Waals surface area contributed by atoms with Gasteiger partial charge in [-0.05, 0) is 57.4 Å². The van der Waals surface area contributed by atoms with Crippen LogP contribution in [-0.4, -0.2) is 66.7 Å². The third-order valence-corrected chi connectivity index (χ3v) is 9.16. The molecule has 208 valence electrons. The Bertz CT molecular complexity index is 770. The third-order valence-electron chi connectivity index (χ3n) is 9.16. The van der Waals surface area contributed by atoms with E-state index in [-0.39, 0.29) is 31.2 Å². The minimum absolute atomic E-state index is 0.0491. The molecular weight excluding hydrogens is 495 g/mol. The van der Waals surface area contributed by atoms with E-state index in [1.807, 2.05) is 4.90 Å². The Kier molecular flexibility index (Phi) is 7.54. The summed E-state index contributed by atoms with van der Waals surface area (Å²) in [7, 11) is 0. The fourth-order valence-electron chi connectivity index (χ4n) is 7.40. The number of hydrogen-bond donors (Lipinski definition) is 4. The minimum atomic E-state index is -4.71. The third kappa shape index (κ3) is 5.25. The van der Waals surface area contributed by atoms with Crippen molar-refractivity contribution in [3.05, 3.63) is 0 Å². The summed E-state index contributed by atoms with van der Waals surface area (Å²) in [4.78, 5) is 1.89. The van der Waals surface area contributed by atoms with Crippen LogP contribution in [0.1, 0.15) is 57.8 Å². The SMILES string of the molecule is NC1CC(C(F)(F)F)C2NC1C1NNC(O1)[C@H](C(F)(F)F)C1CC(CCC[C@H]3CCCN23)CCC1F. The Morgan fingerprint density at radius 1 is 0.833 bits per heavy atom. The van der Waals surface area contributed by atoms with Gasteiger partial charge in [-0.25, -0.2) is 15.2 Å². The number of fused-ring (bicyclic) bond motifs is 9. The zero-order valence-corrected chi connectivity index (χ0v) is 20.0. The van der Waals surface area contributed by atoms with Gasteiger partial charge in [0.05, 0.1) is 18.1 Å². The molecule has 11 atom stereocenters. The van der Waals surface area contributed by atoms with Gasteiger partial charge in [-0.15, -0.1) is 0 Å². The molecular formula is C23H36F7N5O. The first-order valence-electron chi connectivity index (χ1n) is 13.1. The summed E-state index contributed by atoms with van der Waals surface area (Å²) in [5.41, 5.74) is 11.4. The lowest BCUT2D eigenvalue weighted by Crippen LogP contribution is -2.70. The number of rotatable bonds is 0. The summed E-state index contributed by atoms with van der Waals surface area (Å²) in [6.07, 6.45) is -10.5. The molecule has 0 aromatic carbocycles. The zero-order chi connectivity index (χ0) is 25.8. The molecule has 0 aromatic heterocycles. The van der Waals surface area contributed by atoms with Crippen LogP contribution < -0.4 is 21.9 Å². The number of halogens is 7. The van der Waals surface area contributed by atoms with Gasteiger partial charge in [0.2, 0.25) is 0 Å². The van der Waals surface area contributed by atoms with Gasteiger partial charge in [-0.2, -0.15) is 26.3 Å². The van der Waals surface area contributed by atoms with E-state index in [4.69, 9.17) is 10.5 Å². The second-order valence-electron chi connectivity index (χ2n) is 11.3. The van der Waals surface area contributed by atoms with Crippen molar-refractivity contribution >= 4 is 0 Å². The van der Waals surface area contributed by atoms with Gasteiger partial charge in [0.1, 0.15) is 24.5 Å². The summed E-state index contributed by atoms with van der Waals surface area (Å²) in [5.74, 6) is -5.07. The van der Waals surface area contributed by atoms with Gasteiger partial charge in [0, 0.05) is 18.0 Å². The maximum absolute atomic E-state index is 14.9. The summed E-state index contributed by atoms with van der Waals surface area (Å²) in [6, 6.07) is -1.90. The van der Waals surface area contributed by atoms with Gasteiger partial charge in [0.25, 0.3) is 0 Å². The predicted molar refractivity (Wildman–Crippen MR) is 117 cm³/mol. The molecule has 0 amide bonds. The van der Waals surface area contributed by atoms with Crippen LogP contribution in [0.4, 0.5) is 30.7 Å². The molecule has 0 spiro atoms. The Morgan fingerprint density at radius 3 is 2.28 bits per heavy atom. The van der Waals surface area contributed by atoms with Crippen molar-refractivity contribution in [1.82, 2.24) is 21.1 Å². The molecule has 5 N–H and O–H groups in total. The Balaban J connectivity index is 1.47. The first-order chi connectivity index (χ1) is 16.9. The highest BCUT2D eigenvalue weighted by atomic mass is 19.4. The molecule has 5 rings (SSSR count). The van der Waals surface area contributed by atoms with Gasteiger partial charge in [0.15, 0.2) is 0 Å². The fourth-order valence-corrected chi connectivity index (χ4v) is 7.40. The maximum Gasteiger partial charge on any atom is 0.396 e. The molecule has 6 nitrogen and oxygen atoms in total. The molecule has 0 radical (unpaired) electrons. The lowest BCUT2D eigenvalue weighted by Gasteiger charge is -2.48. The Hall–Kier alpha value is -0.730. The molecule has 4 heterocycles. The Labute approximate surface area is 206 Å². The predicted octanol–water partition coefficient (Wildman–Crippen LogP) is 3.54. The van der Waals surface area contributed by atoms with Crippen molar-refractivity contribution in [3.63, 3.8) is 0 Å². The van der Waals surface area contributed by atoms with E-state index in [0.717, 1.165) is 12.8 Å². The van der Waals surface area contributed by atoms with Crippen molar-refractivity contribution in [3.8, 4) is 0 Å². The van der Waals surface area contributed by atoms with Gasteiger partial charge in [-0.3, -0.25) is 10.2 Å². The van der Waals surface area contributed by atoms with Gasteiger partial charge in [-0.1, -0.05) is 12.8 Å². The van der Waals surface area contributed by atoms with Crippen LogP contribution in [0.3, 0.4) is 0 Å². The first kappa shape index (κ1) is 26.9. The molecule has 4 aliphatic heterocycles. The highest BCUT2D eigenvalue weighted by Gasteiger charge is 2.58. The van der Waals surface area contributed by atoms with Crippen molar-refractivity contribution in [2.24, 2.45) is 29.4 Å². The highest BCUT2D eigenvalue weighted by Crippen LogP contribution is 2.47. The molecule has 9 unspecified atom stereocenters. The van der Waals surface area contributed by atoms with Crippen molar-refractivity contribution in [2.75, 3.05) is 6.54 Å². The van der Waals surface area contributed by atoms with Crippen molar-refractivity contribution in [1.29, 1.82) is 0 Å². The van der Waals surface area contributed by atoms with E-state index in [0.29, 0.717) is 32.2 Å². The lowest BCUT2D eigenvalue weighted by atomic mass is 9.71. The number of hydrazine groups is 1. The van der Waals surface area contributed by atoms with Crippen LogP contribution in [0.25, 0.3) is 0 Å². The normalized spacial score (nSPS) is 47.2. The summed E-state index contributed by atoms with van der Waals surface area (Å²) in [5, 5.41) is 3.04. The first-order valence-corrected chi connectivity index (χ1v) is 13.1. The van der Waals surface area contributed by atoms with Crippen molar-refractivity contribution in [2.45, 2.75) is 113 Å². The number of hydrogen-bond acceptors (Lipinski definition) is 6. The standard InChI is InChI=1S/C23H36F7N5O/c24-15-7-6-11-3-1-4-12-5-2-8-35(12)19-14(22(25,26)27)10-16(31)18(32-19)21-34-33-20(36-21)17(13(15)9-11)23(28,29)30/h11-21,32-34H,1-10,31H2/t11?,12-,13?,14?,15?,16?,17+,18?,19?,20?,21?/m0/s1. The number of nitrogens with zero attached hydrogens (tertiary/aromatic N) is 1. The van der Waals surface area contributed by atoms with Crippen LogP contribution in [-0.2, 0) is 4.74 Å². The average Bonchev–Trinajstić information content (AvgIpc) is 3.44. The number of piperidine rings is 1. The fraction of sp³-hybridized carbons (Fsp3) is 1.00. The molecule has 36 heavy (non-hydrogen) atoms. The summed E-state index contributed by atoms with van der Waals surface area (Å²) in [6.45, 7) is 0.516. The maximum atomic E-state index is 14.9. The topological polar surface area (TPSA) is 74.6 Å². The second-order valence-corrected chi connectivity index (χ2v) is 11.3. The molecule has 1 aliphatic carbocycles. The quantitative estimate of drug-likeness (QED) is 0.359. The number of alkyl halides is 7. The molecule has 5 aliphatic rings. The van der Waals surface area contributed by atoms with E-state index < -0.39 is 67.0 Å². The van der Waals surface area contributed by atoms with E-state index in [1.165, 1.54) is 0 Å². The van der Waals surface area contributed by atoms with Crippen LogP contribution in [0.15, 0.2) is 0 Å². The lowest BCUT2D eigenvalue weighted by molar-refractivity contribution is -0.236. The van der Waals surface area contributed by atoms with E-state index >= 15 is 0 Å². The molecule has 5 fully saturated rings. The van der Waals surface area contributed by atoms with Crippen LogP contribution in [0, 0.1) is 23.7 Å². The van der Waals surface area contributed by atoms with Crippen LogP contribution >= 0.6 is 0 Å². The molecule has 13 heteroatoms. The zero-order valence-electron chi connectivity index (χ0n) is 20.0. The Morgan fingerprint density at radius 2 is 1.56 bits per heavy atom. The summed E-state index contributed by atoms with van der Waals surface area (Å²) >= 11 is 0. The van der Waals surface area contributed by atoms with Gasteiger partial charge < -0.3 is 10.5 Å². The molecule has 0 aromatic rings. The summed E-state index contributed by atoms with van der Waals surface area (Å²) < 4.78 is 106. The second kappa shape index (κ2) is 10.1. The number of nitrogens with two attached hydrogens (primary N) is 1. The smallest absolute Gasteiger partial charge is 0.340 e. The van der Waals surface area contributed by atoms with Gasteiger partial charge >= 0.3 is 12.4 Å². The number of ether oxygens (including phenoxy) is 1.